The highest BCUT2D eigenvalue weighted by molar-refractivity contribution is 5.84. The summed E-state index contributed by atoms with van der Waals surface area (Å²) in [5.41, 5.74) is 0.868. The van der Waals surface area contributed by atoms with Crippen molar-refractivity contribution in [3.8, 4) is 0 Å². The second kappa shape index (κ2) is 4.63. The van der Waals surface area contributed by atoms with Gasteiger partial charge in [-0.15, -0.1) is 0 Å². The van der Waals surface area contributed by atoms with Crippen LogP contribution in [-0.2, 0) is 23.1 Å². The zero-order chi connectivity index (χ0) is 11.4. The van der Waals surface area contributed by atoms with E-state index in [1.165, 1.54) is 6.92 Å². The van der Waals surface area contributed by atoms with E-state index in [4.69, 9.17) is 5.11 Å². The molecule has 0 saturated carbocycles. The van der Waals surface area contributed by atoms with E-state index in [0.29, 0.717) is 0 Å². The highest BCUT2D eigenvalue weighted by Crippen LogP contribution is 2.00. The molecule has 1 unspecified atom stereocenters. The summed E-state index contributed by atoms with van der Waals surface area (Å²) in [7, 11) is 1.86. The quantitative estimate of drug-likeness (QED) is 0.743. The molecule has 0 bridgehead atoms. The van der Waals surface area contributed by atoms with Crippen molar-refractivity contribution in [2.24, 2.45) is 7.05 Å². The molecule has 0 radical (unpaired) electrons. The number of hydrogen-bond donors (Lipinski definition) is 2. The first-order valence-corrected chi connectivity index (χ1v) is 4.62. The lowest BCUT2D eigenvalue weighted by molar-refractivity contribution is -0.141. The van der Waals surface area contributed by atoms with Crippen molar-refractivity contribution < 1.29 is 14.7 Å². The van der Waals surface area contributed by atoms with Crippen LogP contribution in [0.25, 0.3) is 0 Å². The fourth-order valence-electron chi connectivity index (χ4n) is 1.21. The smallest absolute Gasteiger partial charge is 0.325 e. The molecule has 0 fully saturated rings. The van der Waals surface area contributed by atoms with E-state index in [1.807, 2.05) is 30.1 Å². The minimum Gasteiger partial charge on any atom is -0.480 e. The van der Waals surface area contributed by atoms with E-state index in [9.17, 15) is 9.59 Å². The van der Waals surface area contributed by atoms with Gasteiger partial charge in [0.2, 0.25) is 5.91 Å². The Morgan fingerprint density at radius 1 is 1.60 bits per heavy atom. The largest absolute Gasteiger partial charge is 0.480 e. The lowest BCUT2D eigenvalue weighted by atomic mass is 10.2. The van der Waals surface area contributed by atoms with Gasteiger partial charge in [-0.05, 0) is 18.6 Å². The van der Waals surface area contributed by atoms with Crippen LogP contribution in [0.2, 0.25) is 0 Å². The maximum atomic E-state index is 11.4. The zero-order valence-electron chi connectivity index (χ0n) is 8.73. The Morgan fingerprint density at radius 2 is 2.27 bits per heavy atom. The lowest BCUT2D eigenvalue weighted by Crippen LogP contribution is -2.39. The molecule has 0 aromatic carbocycles. The molecule has 0 spiro atoms. The summed E-state index contributed by atoms with van der Waals surface area (Å²) < 4.78 is 1.84. The molecule has 2 N–H and O–H groups in total. The predicted octanol–water partition coefficient (Wildman–Crippen LogP) is 0.157. The summed E-state index contributed by atoms with van der Waals surface area (Å²) in [5.74, 6) is -1.31. The third-order valence-corrected chi connectivity index (χ3v) is 2.01. The fourth-order valence-corrected chi connectivity index (χ4v) is 1.21. The minimum atomic E-state index is -1.03. The molecule has 0 saturated heterocycles. The maximum Gasteiger partial charge on any atom is 0.325 e. The summed E-state index contributed by atoms with van der Waals surface area (Å²) in [6, 6.07) is 0.978. The molecule has 0 aliphatic heterocycles. The number of aromatic nitrogens is 1. The Morgan fingerprint density at radius 3 is 2.73 bits per heavy atom. The molecular weight excluding hydrogens is 196 g/mol. The Hall–Kier alpha value is -1.78. The van der Waals surface area contributed by atoms with Gasteiger partial charge in [-0.1, -0.05) is 0 Å². The second-order valence-corrected chi connectivity index (χ2v) is 3.49. The number of hydrogen-bond acceptors (Lipinski definition) is 2. The Labute approximate surface area is 87.7 Å². The van der Waals surface area contributed by atoms with Crippen molar-refractivity contribution in [3.05, 3.63) is 24.0 Å². The van der Waals surface area contributed by atoms with Crippen molar-refractivity contribution >= 4 is 11.9 Å². The molecule has 0 aliphatic rings. The number of carbonyl (C=O) groups is 2. The van der Waals surface area contributed by atoms with Gasteiger partial charge in [-0.2, -0.15) is 0 Å². The monoisotopic (exact) mass is 210 g/mol. The van der Waals surface area contributed by atoms with Crippen molar-refractivity contribution in [1.82, 2.24) is 9.88 Å². The molecule has 1 aromatic rings. The third-order valence-electron chi connectivity index (χ3n) is 2.01. The van der Waals surface area contributed by atoms with Crippen LogP contribution in [0.5, 0.6) is 0 Å². The molecule has 0 aliphatic carbocycles. The van der Waals surface area contributed by atoms with E-state index < -0.39 is 12.0 Å². The average molecular weight is 210 g/mol. The van der Waals surface area contributed by atoms with Crippen LogP contribution in [0.3, 0.4) is 0 Å². The van der Waals surface area contributed by atoms with Gasteiger partial charge in [0.25, 0.3) is 0 Å². The van der Waals surface area contributed by atoms with Crippen molar-refractivity contribution in [3.63, 3.8) is 0 Å². The minimum absolute atomic E-state index is 0.207. The number of aryl methyl sites for hydroxylation is 1. The number of rotatable bonds is 4. The molecule has 1 aromatic heterocycles. The summed E-state index contributed by atoms with van der Waals surface area (Å²) in [6.07, 6.45) is 3.87. The van der Waals surface area contributed by atoms with Gasteiger partial charge >= 0.3 is 5.97 Å². The molecule has 5 heteroatoms. The van der Waals surface area contributed by atoms with Crippen LogP contribution >= 0.6 is 0 Å². The lowest BCUT2D eigenvalue weighted by Gasteiger charge is -2.08. The predicted molar refractivity (Wildman–Crippen MR) is 54.4 cm³/mol. The first-order valence-electron chi connectivity index (χ1n) is 4.62. The maximum absolute atomic E-state index is 11.4. The number of aliphatic carboxylic acids is 1. The Bertz CT molecular complexity index is 370. The standard InChI is InChI=1S/C10H14N2O3/c1-7(10(14)15)11-9(13)5-8-3-4-12(2)6-8/h3-4,6-7H,5H2,1-2H3,(H,11,13)(H,14,15). The van der Waals surface area contributed by atoms with E-state index in [0.717, 1.165) is 5.56 Å². The third kappa shape index (κ3) is 3.46. The fraction of sp³-hybridized carbons (Fsp3) is 0.400. The molecule has 1 atom stereocenters. The molecule has 1 heterocycles. The topological polar surface area (TPSA) is 71.3 Å². The number of carboxylic acids is 1. The molecule has 1 amide bonds. The Balaban J connectivity index is 2.46. The van der Waals surface area contributed by atoms with Gasteiger partial charge < -0.3 is 15.0 Å². The van der Waals surface area contributed by atoms with Crippen LogP contribution in [0.4, 0.5) is 0 Å². The Kier molecular flexibility index (Phi) is 3.49. The summed E-state index contributed by atoms with van der Waals surface area (Å²) in [5, 5.41) is 11.0. The van der Waals surface area contributed by atoms with E-state index in [-0.39, 0.29) is 12.3 Å². The highest BCUT2D eigenvalue weighted by Gasteiger charge is 2.13. The number of nitrogens with zero attached hydrogens (tertiary/aromatic N) is 1. The van der Waals surface area contributed by atoms with Crippen LogP contribution in [0, 0.1) is 0 Å². The van der Waals surface area contributed by atoms with Gasteiger partial charge in [0.05, 0.1) is 6.42 Å². The summed E-state index contributed by atoms with van der Waals surface area (Å²) >= 11 is 0. The van der Waals surface area contributed by atoms with Crippen LogP contribution in [0.1, 0.15) is 12.5 Å². The SMILES string of the molecule is CC(NC(=O)Cc1ccn(C)c1)C(=O)O. The van der Waals surface area contributed by atoms with Crippen molar-refractivity contribution in [2.75, 3.05) is 0 Å². The van der Waals surface area contributed by atoms with Crippen LogP contribution in [0.15, 0.2) is 18.5 Å². The summed E-state index contributed by atoms with van der Waals surface area (Å²) in [4.78, 5) is 21.8. The van der Waals surface area contributed by atoms with Crippen LogP contribution < -0.4 is 5.32 Å². The molecule has 1 rings (SSSR count). The van der Waals surface area contributed by atoms with Gasteiger partial charge in [-0.25, -0.2) is 0 Å². The highest BCUT2D eigenvalue weighted by atomic mass is 16.4. The van der Waals surface area contributed by atoms with Crippen molar-refractivity contribution in [2.45, 2.75) is 19.4 Å². The van der Waals surface area contributed by atoms with E-state index in [2.05, 4.69) is 5.32 Å². The van der Waals surface area contributed by atoms with E-state index >= 15 is 0 Å². The van der Waals surface area contributed by atoms with Gasteiger partial charge in [0.15, 0.2) is 0 Å². The molecular formula is C10H14N2O3. The van der Waals surface area contributed by atoms with Gasteiger partial charge in [-0.3, -0.25) is 9.59 Å². The first-order chi connectivity index (χ1) is 6.99. The molecule has 15 heavy (non-hydrogen) atoms. The number of carboxylic acid groups (broad SMARTS) is 1. The normalized spacial score (nSPS) is 12.1. The van der Waals surface area contributed by atoms with Gasteiger partial charge in [0, 0.05) is 19.4 Å². The zero-order valence-corrected chi connectivity index (χ0v) is 8.73. The average Bonchev–Trinajstić information content (AvgIpc) is 2.50. The first kappa shape index (κ1) is 11.3. The summed E-state index contributed by atoms with van der Waals surface area (Å²) in [6.45, 7) is 1.44. The van der Waals surface area contributed by atoms with E-state index in [1.54, 1.807) is 0 Å². The second-order valence-electron chi connectivity index (χ2n) is 3.49. The van der Waals surface area contributed by atoms with Gasteiger partial charge in [0.1, 0.15) is 6.04 Å². The van der Waals surface area contributed by atoms with Crippen LogP contribution in [-0.4, -0.2) is 27.6 Å². The van der Waals surface area contributed by atoms with Crippen molar-refractivity contribution in [1.29, 1.82) is 0 Å². The number of carbonyl (C=O) groups excluding carboxylic acids is 1. The number of nitrogens with one attached hydrogen (secondary N) is 1. The molecule has 82 valence electrons. The number of amides is 1. The molecule has 5 nitrogen and oxygen atoms in total.